The zero-order chi connectivity index (χ0) is 15.6. The average molecular weight is 329 g/mol. The summed E-state index contributed by atoms with van der Waals surface area (Å²) in [6, 6.07) is 5.06. The van der Waals surface area contributed by atoms with E-state index in [1.54, 1.807) is 0 Å². The lowest BCUT2D eigenvalue weighted by Gasteiger charge is -2.09. The predicted octanol–water partition coefficient (Wildman–Crippen LogP) is 1.79. The summed E-state index contributed by atoms with van der Waals surface area (Å²) in [7, 11) is -4.05. The second kappa shape index (κ2) is 5.70. The van der Waals surface area contributed by atoms with E-state index >= 15 is 0 Å². The van der Waals surface area contributed by atoms with E-state index in [0.29, 0.717) is 6.07 Å². The van der Waals surface area contributed by atoms with Gasteiger partial charge in [0.25, 0.3) is 10.0 Å². The first-order valence-corrected chi connectivity index (χ1v) is 7.42. The number of nitrogens with two attached hydrogens (primary N) is 1. The Balaban J connectivity index is 2.31. The highest BCUT2D eigenvalue weighted by Gasteiger charge is 2.17. The van der Waals surface area contributed by atoms with Crippen LogP contribution in [-0.2, 0) is 10.0 Å². The summed E-state index contributed by atoms with van der Waals surface area (Å²) in [6.07, 6.45) is 1.04. The van der Waals surface area contributed by atoms with Crippen molar-refractivity contribution in [3.63, 3.8) is 0 Å². The number of hydrogen-bond acceptors (Lipinski definition) is 4. The summed E-state index contributed by atoms with van der Waals surface area (Å²) in [5.74, 6) is -1.83. The molecule has 110 valence electrons. The van der Waals surface area contributed by atoms with Gasteiger partial charge in [0, 0.05) is 12.3 Å². The third-order valence-corrected chi connectivity index (χ3v) is 4.03. The molecule has 1 heterocycles. The molecule has 0 aliphatic rings. The largest absolute Gasteiger partial charge is 0.388 e. The first kappa shape index (κ1) is 15.3. The Morgan fingerprint density at radius 3 is 2.48 bits per heavy atom. The molecule has 21 heavy (non-hydrogen) atoms. The Morgan fingerprint density at radius 1 is 1.24 bits per heavy atom. The number of nitrogens with zero attached hydrogens (tertiary/aromatic N) is 1. The Hall–Kier alpha value is -2.13. The number of benzene rings is 1. The molecule has 0 aliphatic carbocycles. The fraction of sp³-hybridized carbons (Fsp3) is 0. The van der Waals surface area contributed by atoms with Gasteiger partial charge >= 0.3 is 0 Å². The standard InChI is InChI=1S/C12H9F2N3O2S2/c13-7-1-3-10(9(14)5-7)17-21(18,19)8-2-4-11(12(15)20)16-6-8/h1-6,17H,(H2,15,20). The number of sulfonamides is 1. The van der Waals surface area contributed by atoms with Crippen LogP contribution in [-0.4, -0.2) is 18.4 Å². The third kappa shape index (κ3) is 3.50. The van der Waals surface area contributed by atoms with Gasteiger partial charge in [0.2, 0.25) is 0 Å². The number of aromatic nitrogens is 1. The molecule has 0 bridgehead atoms. The molecule has 3 N–H and O–H groups in total. The van der Waals surface area contributed by atoms with Crippen LogP contribution in [0, 0.1) is 11.6 Å². The molecule has 0 aliphatic heterocycles. The van der Waals surface area contributed by atoms with Crippen LogP contribution < -0.4 is 10.5 Å². The van der Waals surface area contributed by atoms with Crippen LogP contribution in [0.1, 0.15) is 5.69 Å². The van der Waals surface area contributed by atoms with Crippen molar-refractivity contribution < 1.29 is 17.2 Å². The SMILES string of the molecule is NC(=S)c1ccc(S(=O)(=O)Nc2ccc(F)cc2F)cn1. The molecule has 1 aromatic heterocycles. The highest BCUT2D eigenvalue weighted by Crippen LogP contribution is 2.19. The Kier molecular flexibility index (Phi) is 4.14. The van der Waals surface area contributed by atoms with Crippen LogP contribution in [0.2, 0.25) is 0 Å². The fourth-order valence-electron chi connectivity index (χ4n) is 1.46. The van der Waals surface area contributed by atoms with Crippen molar-refractivity contribution >= 4 is 32.9 Å². The molecule has 0 saturated carbocycles. The van der Waals surface area contributed by atoms with Crippen LogP contribution >= 0.6 is 12.2 Å². The fourth-order valence-corrected chi connectivity index (χ4v) is 2.59. The van der Waals surface area contributed by atoms with Crippen molar-refractivity contribution in [3.8, 4) is 0 Å². The van der Waals surface area contributed by atoms with Crippen molar-refractivity contribution in [3.05, 3.63) is 53.9 Å². The molecule has 0 fully saturated rings. The maximum Gasteiger partial charge on any atom is 0.263 e. The number of hydrogen-bond donors (Lipinski definition) is 2. The van der Waals surface area contributed by atoms with Gasteiger partial charge in [-0.3, -0.25) is 9.71 Å². The van der Waals surface area contributed by atoms with Crippen LogP contribution in [0.4, 0.5) is 14.5 Å². The van der Waals surface area contributed by atoms with Crippen molar-refractivity contribution in [2.75, 3.05) is 4.72 Å². The topological polar surface area (TPSA) is 85.1 Å². The molecule has 2 aromatic rings. The second-order valence-corrected chi connectivity index (χ2v) is 6.10. The van der Waals surface area contributed by atoms with E-state index in [1.165, 1.54) is 12.1 Å². The van der Waals surface area contributed by atoms with Crippen molar-refractivity contribution in [1.82, 2.24) is 4.98 Å². The summed E-state index contributed by atoms with van der Waals surface area (Å²) in [5.41, 5.74) is 5.24. The van der Waals surface area contributed by atoms with Gasteiger partial charge in [-0.15, -0.1) is 0 Å². The van der Waals surface area contributed by atoms with Gasteiger partial charge < -0.3 is 5.73 Å². The van der Waals surface area contributed by atoms with Gasteiger partial charge in [-0.1, -0.05) is 12.2 Å². The zero-order valence-corrected chi connectivity index (χ0v) is 12.0. The van der Waals surface area contributed by atoms with Crippen molar-refractivity contribution in [2.24, 2.45) is 5.73 Å². The average Bonchev–Trinajstić information content (AvgIpc) is 2.42. The monoisotopic (exact) mass is 329 g/mol. The van der Waals surface area contributed by atoms with Gasteiger partial charge in [0.15, 0.2) is 0 Å². The molecule has 0 atom stereocenters. The maximum absolute atomic E-state index is 13.5. The molecule has 0 amide bonds. The molecule has 0 spiro atoms. The molecular weight excluding hydrogens is 320 g/mol. The smallest absolute Gasteiger partial charge is 0.263 e. The highest BCUT2D eigenvalue weighted by molar-refractivity contribution is 7.92. The molecule has 5 nitrogen and oxygen atoms in total. The van der Waals surface area contributed by atoms with Gasteiger partial charge in [0.05, 0.1) is 11.4 Å². The molecule has 1 aromatic carbocycles. The minimum absolute atomic E-state index is 0.0245. The molecule has 9 heteroatoms. The van der Waals surface area contributed by atoms with Crippen LogP contribution in [0.3, 0.4) is 0 Å². The van der Waals surface area contributed by atoms with E-state index in [9.17, 15) is 17.2 Å². The van der Waals surface area contributed by atoms with Gasteiger partial charge in [-0.2, -0.15) is 0 Å². The molecule has 0 saturated heterocycles. The Bertz CT molecular complexity index is 793. The number of rotatable bonds is 4. The van der Waals surface area contributed by atoms with E-state index in [4.69, 9.17) is 18.0 Å². The van der Waals surface area contributed by atoms with Gasteiger partial charge in [-0.05, 0) is 24.3 Å². The summed E-state index contributed by atoms with van der Waals surface area (Å²) in [4.78, 5) is 3.61. The minimum atomic E-state index is -4.05. The lowest BCUT2D eigenvalue weighted by Crippen LogP contribution is -2.16. The minimum Gasteiger partial charge on any atom is -0.388 e. The summed E-state index contributed by atoms with van der Waals surface area (Å²) >= 11 is 4.70. The van der Waals surface area contributed by atoms with Crippen LogP contribution in [0.25, 0.3) is 0 Å². The Morgan fingerprint density at radius 2 is 1.95 bits per heavy atom. The van der Waals surface area contributed by atoms with Gasteiger partial charge in [-0.25, -0.2) is 17.2 Å². The summed E-state index contributed by atoms with van der Waals surface area (Å²) in [6.45, 7) is 0. The lowest BCUT2D eigenvalue weighted by atomic mass is 10.3. The van der Waals surface area contributed by atoms with Crippen molar-refractivity contribution in [1.29, 1.82) is 0 Å². The third-order valence-electron chi connectivity index (χ3n) is 2.47. The first-order valence-electron chi connectivity index (χ1n) is 5.53. The highest BCUT2D eigenvalue weighted by atomic mass is 32.2. The van der Waals surface area contributed by atoms with Crippen LogP contribution in [0.5, 0.6) is 0 Å². The van der Waals surface area contributed by atoms with E-state index in [-0.39, 0.29) is 21.3 Å². The normalized spacial score (nSPS) is 11.1. The quantitative estimate of drug-likeness (QED) is 0.836. The summed E-state index contributed by atoms with van der Waals surface area (Å²) in [5, 5.41) is 0. The lowest BCUT2D eigenvalue weighted by molar-refractivity contribution is 0.582. The number of thiocarbonyl (C=S) groups is 1. The molecule has 0 unspecified atom stereocenters. The number of halogens is 2. The predicted molar refractivity (Wildman–Crippen MR) is 77.3 cm³/mol. The zero-order valence-electron chi connectivity index (χ0n) is 10.4. The number of pyridine rings is 1. The second-order valence-electron chi connectivity index (χ2n) is 3.97. The Labute approximate surface area is 124 Å². The molecular formula is C12H9F2N3O2S2. The maximum atomic E-state index is 13.5. The van der Waals surface area contributed by atoms with Crippen molar-refractivity contribution in [2.45, 2.75) is 4.90 Å². The van der Waals surface area contributed by atoms with E-state index < -0.39 is 21.7 Å². The van der Waals surface area contributed by atoms with E-state index in [1.807, 2.05) is 4.72 Å². The number of anilines is 1. The van der Waals surface area contributed by atoms with Gasteiger partial charge in [0.1, 0.15) is 21.5 Å². The number of nitrogens with one attached hydrogen (secondary N) is 1. The molecule has 2 rings (SSSR count). The van der Waals surface area contributed by atoms with E-state index in [0.717, 1.165) is 18.3 Å². The summed E-state index contributed by atoms with van der Waals surface area (Å²) < 4.78 is 52.3. The molecule has 0 radical (unpaired) electrons. The van der Waals surface area contributed by atoms with Crippen LogP contribution in [0.15, 0.2) is 41.4 Å². The first-order chi connectivity index (χ1) is 9.79. The van der Waals surface area contributed by atoms with E-state index in [2.05, 4.69) is 4.98 Å².